The number of rotatable bonds is 8. The van der Waals surface area contributed by atoms with Crippen LogP contribution in [0.4, 0.5) is 0 Å². The average Bonchev–Trinajstić information content (AvgIpc) is 2.95. The van der Waals surface area contributed by atoms with Gasteiger partial charge in [0, 0.05) is 39.0 Å². The summed E-state index contributed by atoms with van der Waals surface area (Å²) >= 11 is 0. The molecule has 0 spiro atoms. The molecule has 0 atom stereocenters. The van der Waals surface area contributed by atoms with Gasteiger partial charge in [0.15, 0.2) is 0 Å². The maximum atomic E-state index is 2.44. The summed E-state index contributed by atoms with van der Waals surface area (Å²) in [6.07, 6.45) is 4.61. The van der Waals surface area contributed by atoms with Crippen molar-refractivity contribution in [2.45, 2.75) is 84.4 Å². The van der Waals surface area contributed by atoms with E-state index in [2.05, 4.69) is 55.4 Å². The first-order chi connectivity index (χ1) is 10.3. The number of hydrogen-bond acceptors (Lipinski definition) is 0. The second-order valence-electron chi connectivity index (χ2n) is 7.58. The van der Waals surface area contributed by atoms with Gasteiger partial charge in [0.2, 0.25) is 0 Å². The quantitative estimate of drug-likeness (QED) is 0.330. The largest absolute Gasteiger partial charge is 0.214 e. The van der Waals surface area contributed by atoms with E-state index in [0.29, 0.717) is 0 Å². The Hall–Kier alpha value is 0.716. The van der Waals surface area contributed by atoms with E-state index in [9.17, 15) is 0 Å². The number of hydrogen-bond donors (Lipinski definition) is 0. The Morgan fingerprint density at radius 2 is 0.957 bits per heavy atom. The van der Waals surface area contributed by atoms with Crippen LogP contribution >= 0.6 is 15.8 Å². The minimum Gasteiger partial charge on any atom is -0.214 e. The van der Waals surface area contributed by atoms with Gasteiger partial charge in [0.05, 0.1) is 35.0 Å². The van der Waals surface area contributed by atoms with Crippen LogP contribution in [0.3, 0.4) is 0 Å². The maximum absolute atomic E-state index is 2.44. The van der Waals surface area contributed by atoms with E-state index in [4.69, 9.17) is 0 Å². The third-order valence-corrected chi connectivity index (χ3v) is 12.2. The molecule has 3 heteroatoms. The van der Waals surface area contributed by atoms with Gasteiger partial charge in [0.1, 0.15) is 0 Å². The van der Waals surface area contributed by atoms with Crippen LogP contribution in [0.2, 0.25) is 0 Å². The summed E-state index contributed by atoms with van der Waals surface area (Å²) in [4.78, 5) is 0. The summed E-state index contributed by atoms with van der Waals surface area (Å²) in [5.41, 5.74) is 3.81. The van der Waals surface area contributed by atoms with Crippen LogP contribution in [0, 0.1) is 0 Å². The van der Waals surface area contributed by atoms with Gasteiger partial charge < -0.3 is 0 Å². The molecule has 0 aliphatic heterocycles. The molecule has 0 nitrogen and oxygen atoms in total. The molecule has 0 fully saturated rings. The van der Waals surface area contributed by atoms with Crippen LogP contribution in [0.1, 0.15) is 61.8 Å². The van der Waals surface area contributed by atoms with Gasteiger partial charge in [-0.1, -0.05) is 0 Å². The van der Waals surface area contributed by atoms with Gasteiger partial charge in [-0.25, -0.2) is 12.1 Å². The molecule has 0 aliphatic rings. The van der Waals surface area contributed by atoms with E-state index in [1.165, 1.54) is 6.42 Å². The Morgan fingerprint density at radius 3 is 1.13 bits per heavy atom. The smallest absolute Gasteiger partial charge is 0.0621 e. The zero-order valence-corrected chi connectivity index (χ0v) is 19.7. The van der Waals surface area contributed by atoms with Crippen LogP contribution in [-0.4, -0.2) is 35.0 Å². The standard InChI is InChI=1S/C15H34P2.C5H5.Co/c1-12(2)16(13(3)4)10-9-11-17(14(5)6)15(7)8;1-2-4-5-3-1;/h12-15H,9-11H2,1-8H3;1-5H;/q;-1;/p+2. The minimum atomic E-state index is -0.109. The molecule has 0 unspecified atom stereocenters. The molecule has 0 saturated carbocycles. The molecular weight excluding hydrogens is 361 g/mol. The second-order valence-corrected chi connectivity index (χ2v) is 15.5. The van der Waals surface area contributed by atoms with E-state index in [0.717, 1.165) is 22.6 Å². The fraction of sp³-hybridized carbons (Fsp3) is 0.750. The first-order valence-corrected chi connectivity index (χ1v) is 12.9. The molecule has 23 heavy (non-hydrogen) atoms. The third-order valence-electron chi connectivity index (χ3n) is 4.45. The van der Waals surface area contributed by atoms with Gasteiger partial charge in [0.25, 0.3) is 0 Å². The molecule has 0 aliphatic carbocycles. The average molecular weight is 402 g/mol. The predicted molar refractivity (Wildman–Crippen MR) is 114 cm³/mol. The Morgan fingerprint density at radius 1 is 0.652 bits per heavy atom. The van der Waals surface area contributed by atoms with E-state index in [1.54, 1.807) is 12.3 Å². The summed E-state index contributed by atoms with van der Waals surface area (Å²) in [7, 11) is -0.217. The summed E-state index contributed by atoms with van der Waals surface area (Å²) in [5, 5.41) is 0. The molecule has 0 N–H and O–H groups in total. The molecule has 1 rings (SSSR count). The fourth-order valence-corrected chi connectivity index (χ4v) is 9.81. The van der Waals surface area contributed by atoms with Crippen LogP contribution in [-0.2, 0) is 16.8 Å². The monoisotopic (exact) mass is 402 g/mol. The Balaban J connectivity index is 0. The molecule has 0 amide bonds. The Labute approximate surface area is 159 Å². The van der Waals surface area contributed by atoms with Crippen molar-refractivity contribution < 1.29 is 16.8 Å². The SMILES string of the molecule is CC(C)[PH+](CCC[PH+](C(C)C)C(C)C)C(C)C.[Co].c1cc[cH-]c1. The minimum absolute atomic E-state index is 0. The van der Waals surface area contributed by atoms with Crippen molar-refractivity contribution >= 4 is 15.8 Å². The van der Waals surface area contributed by atoms with Crippen LogP contribution < -0.4 is 0 Å². The van der Waals surface area contributed by atoms with Crippen LogP contribution in [0.15, 0.2) is 30.3 Å². The molecule has 1 aromatic rings. The maximum Gasteiger partial charge on any atom is 0.0621 e. The predicted octanol–water partition coefficient (Wildman–Crippen LogP) is 6.84. The molecule has 0 heterocycles. The zero-order valence-electron chi connectivity index (χ0n) is 16.7. The normalized spacial score (nSPS) is 11.4. The Bertz CT molecular complexity index is 278. The summed E-state index contributed by atoms with van der Waals surface area (Å²) < 4.78 is 0. The molecule has 0 bridgehead atoms. The molecular formula is C20H41CoP2+. The van der Waals surface area contributed by atoms with Gasteiger partial charge in [-0.15, -0.1) is 0 Å². The molecule has 0 aromatic heterocycles. The molecule has 1 radical (unpaired) electrons. The van der Waals surface area contributed by atoms with Crippen molar-refractivity contribution in [3.63, 3.8) is 0 Å². The summed E-state index contributed by atoms with van der Waals surface area (Å²) in [5.74, 6) is 0. The van der Waals surface area contributed by atoms with E-state index < -0.39 is 0 Å². The molecule has 139 valence electrons. The van der Waals surface area contributed by atoms with Gasteiger partial charge in [-0.3, -0.25) is 0 Å². The van der Waals surface area contributed by atoms with Crippen molar-refractivity contribution in [3.05, 3.63) is 30.3 Å². The fourth-order valence-electron chi connectivity index (χ4n) is 3.31. The second kappa shape index (κ2) is 15.0. The van der Waals surface area contributed by atoms with Crippen molar-refractivity contribution in [2.24, 2.45) is 0 Å². The van der Waals surface area contributed by atoms with Crippen molar-refractivity contribution in [1.29, 1.82) is 0 Å². The van der Waals surface area contributed by atoms with Crippen molar-refractivity contribution in [2.75, 3.05) is 12.3 Å². The zero-order chi connectivity index (χ0) is 17.1. The van der Waals surface area contributed by atoms with E-state index >= 15 is 0 Å². The third kappa shape index (κ3) is 12.7. The van der Waals surface area contributed by atoms with Gasteiger partial charge in [-0.05, 0) is 55.4 Å². The van der Waals surface area contributed by atoms with E-state index in [-0.39, 0.29) is 32.6 Å². The van der Waals surface area contributed by atoms with Crippen molar-refractivity contribution in [1.82, 2.24) is 0 Å². The topological polar surface area (TPSA) is 0 Å². The molecule has 1 aromatic carbocycles. The van der Waals surface area contributed by atoms with Crippen molar-refractivity contribution in [3.8, 4) is 0 Å². The van der Waals surface area contributed by atoms with Crippen LogP contribution in [0.5, 0.6) is 0 Å². The van der Waals surface area contributed by atoms with Crippen LogP contribution in [0.25, 0.3) is 0 Å². The van der Waals surface area contributed by atoms with E-state index in [1.807, 2.05) is 30.3 Å². The summed E-state index contributed by atoms with van der Waals surface area (Å²) in [6.45, 7) is 19.5. The first kappa shape index (κ1) is 26.0. The first-order valence-electron chi connectivity index (χ1n) is 9.15. The van der Waals surface area contributed by atoms with Gasteiger partial charge in [-0.2, -0.15) is 18.2 Å². The van der Waals surface area contributed by atoms with Gasteiger partial charge >= 0.3 is 0 Å². The summed E-state index contributed by atoms with van der Waals surface area (Å²) in [6, 6.07) is 10.0. The Kier molecular flexibility index (Phi) is 16.9. The molecule has 0 saturated heterocycles.